The number of aliphatic hydroxyl groups is 1. The number of hydrogen-bond acceptors (Lipinski definition) is 5. The van der Waals surface area contributed by atoms with Crippen molar-refractivity contribution in [3.63, 3.8) is 0 Å². The van der Waals surface area contributed by atoms with Gasteiger partial charge in [-0.15, -0.1) is 5.10 Å². The van der Waals surface area contributed by atoms with Gasteiger partial charge in [-0.2, -0.15) is 0 Å². The molecule has 8 heteroatoms. The van der Waals surface area contributed by atoms with Crippen LogP contribution in [0, 0.1) is 0 Å². The number of carbonyl (C=O) groups is 2. The Morgan fingerprint density at radius 3 is 2.55 bits per heavy atom. The fraction of sp³-hybridized carbons (Fsp3) is 0.667. The lowest BCUT2D eigenvalue weighted by atomic mass is 9.96. The van der Waals surface area contributed by atoms with Crippen molar-refractivity contribution < 1.29 is 19.8 Å². The highest BCUT2D eigenvalue weighted by Gasteiger charge is 2.40. The first-order valence-electron chi connectivity index (χ1n) is 6.35. The topological polar surface area (TPSA) is 119 Å². The lowest BCUT2D eigenvalue weighted by Gasteiger charge is -2.19. The first-order valence-corrected chi connectivity index (χ1v) is 6.35. The predicted molar refractivity (Wildman–Crippen MR) is 68.2 cm³/mol. The van der Waals surface area contributed by atoms with Crippen LogP contribution < -0.4 is 0 Å². The Morgan fingerprint density at radius 2 is 2.05 bits per heavy atom. The minimum Gasteiger partial charge on any atom is -0.480 e. The summed E-state index contributed by atoms with van der Waals surface area (Å²) in [6, 6.07) is -1.03. The lowest BCUT2D eigenvalue weighted by molar-refractivity contribution is -0.141. The SMILES string of the molecule is CC(C)(C)c1nc(C(=O)N2C[C@H](O)C[C@@H]2C(=O)O)n[nH]1. The second-order valence-corrected chi connectivity index (χ2v) is 5.96. The molecule has 0 radical (unpaired) electrons. The maximum absolute atomic E-state index is 12.3. The molecule has 2 rings (SSSR count). The maximum Gasteiger partial charge on any atom is 0.326 e. The number of carboxylic acid groups (broad SMARTS) is 1. The molecule has 0 aromatic carbocycles. The molecular formula is C12H18N4O4. The van der Waals surface area contributed by atoms with E-state index in [-0.39, 0.29) is 24.2 Å². The summed E-state index contributed by atoms with van der Waals surface area (Å²) >= 11 is 0. The fourth-order valence-corrected chi connectivity index (χ4v) is 2.09. The van der Waals surface area contributed by atoms with E-state index in [1.165, 1.54) is 0 Å². The molecule has 1 amide bonds. The highest BCUT2D eigenvalue weighted by molar-refractivity contribution is 5.94. The zero-order valence-electron chi connectivity index (χ0n) is 11.6. The van der Waals surface area contributed by atoms with E-state index in [0.29, 0.717) is 5.82 Å². The third kappa shape index (κ3) is 2.64. The molecule has 1 aliphatic rings. The van der Waals surface area contributed by atoms with Gasteiger partial charge >= 0.3 is 5.97 Å². The second kappa shape index (κ2) is 4.86. The molecule has 1 aromatic rings. The Balaban J connectivity index is 2.23. The molecule has 110 valence electrons. The average molecular weight is 282 g/mol. The van der Waals surface area contributed by atoms with Crippen LogP contribution >= 0.6 is 0 Å². The normalized spacial score (nSPS) is 23.1. The van der Waals surface area contributed by atoms with Crippen LogP contribution in [0.25, 0.3) is 0 Å². The summed E-state index contributed by atoms with van der Waals surface area (Å²) in [5.41, 5.74) is -0.289. The van der Waals surface area contributed by atoms with E-state index in [1.54, 1.807) is 0 Å². The van der Waals surface area contributed by atoms with Gasteiger partial charge in [-0.05, 0) is 0 Å². The molecule has 0 saturated carbocycles. The Hall–Kier alpha value is -1.96. The van der Waals surface area contributed by atoms with Gasteiger partial charge in [0, 0.05) is 18.4 Å². The van der Waals surface area contributed by atoms with Crippen molar-refractivity contribution in [3.8, 4) is 0 Å². The van der Waals surface area contributed by atoms with Crippen LogP contribution in [0.1, 0.15) is 43.6 Å². The van der Waals surface area contributed by atoms with Gasteiger partial charge in [0.05, 0.1) is 6.10 Å². The van der Waals surface area contributed by atoms with Gasteiger partial charge in [0.2, 0.25) is 5.82 Å². The number of aromatic amines is 1. The predicted octanol–water partition coefficient (Wildman–Crippen LogP) is -0.238. The Kier molecular flexibility index (Phi) is 3.51. The number of H-pyrrole nitrogens is 1. The van der Waals surface area contributed by atoms with Gasteiger partial charge in [0.1, 0.15) is 11.9 Å². The van der Waals surface area contributed by atoms with Crippen LogP contribution in [0.4, 0.5) is 0 Å². The number of aliphatic hydroxyl groups excluding tert-OH is 1. The number of aromatic nitrogens is 3. The molecule has 0 bridgehead atoms. The fourth-order valence-electron chi connectivity index (χ4n) is 2.09. The van der Waals surface area contributed by atoms with E-state index < -0.39 is 24.0 Å². The zero-order chi connectivity index (χ0) is 15.1. The third-order valence-corrected chi connectivity index (χ3v) is 3.21. The number of amides is 1. The molecule has 20 heavy (non-hydrogen) atoms. The summed E-state index contributed by atoms with van der Waals surface area (Å²) in [6.07, 6.45) is -0.807. The van der Waals surface area contributed by atoms with Crippen molar-refractivity contribution in [1.29, 1.82) is 0 Å². The minimum atomic E-state index is -1.14. The van der Waals surface area contributed by atoms with Crippen molar-refractivity contribution in [2.24, 2.45) is 0 Å². The molecular weight excluding hydrogens is 264 g/mol. The lowest BCUT2D eigenvalue weighted by Crippen LogP contribution is -2.41. The number of aliphatic carboxylic acids is 1. The van der Waals surface area contributed by atoms with Gasteiger partial charge < -0.3 is 15.1 Å². The molecule has 8 nitrogen and oxygen atoms in total. The van der Waals surface area contributed by atoms with Gasteiger partial charge in [0.15, 0.2) is 0 Å². The second-order valence-electron chi connectivity index (χ2n) is 5.96. The largest absolute Gasteiger partial charge is 0.480 e. The van der Waals surface area contributed by atoms with E-state index in [1.807, 2.05) is 20.8 Å². The Bertz CT molecular complexity index is 534. The maximum atomic E-state index is 12.3. The van der Waals surface area contributed by atoms with E-state index >= 15 is 0 Å². The molecule has 0 aliphatic carbocycles. The quantitative estimate of drug-likeness (QED) is 0.689. The third-order valence-electron chi connectivity index (χ3n) is 3.21. The van der Waals surface area contributed by atoms with Crippen LogP contribution in [-0.4, -0.2) is 60.9 Å². The highest BCUT2D eigenvalue weighted by Crippen LogP contribution is 2.21. The van der Waals surface area contributed by atoms with Gasteiger partial charge in [-0.3, -0.25) is 9.89 Å². The number of β-amino-alcohol motifs (C(OH)–C–C–N with tert-alkyl or cyclic N) is 1. The molecule has 1 fully saturated rings. The molecule has 1 aliphatic heterocycles. The standard InChI is InChI=1S/C12H18N4O4/c1-12(2,3)11-13-8(14-15-11)9(18)16-5-6(17)4-7(16)10(19)20/h6-7,17H,4-5H2,1-3H3,(H,19,20)(H,13,14,15)/t6-,7-/m1/s1. The molecule has 0 spiro atoms. The molecule has 0 unspecified atom stereocenters. The summed E-state index contributed by atoms with van der Waals surface area (Å²) in [7, 11) is 0. The first kappa shape index (κ1) is 14.4. The summed E-state index contributed by atoms with van der Waals surface area (Å²) < 4.78 is 0. The molecule has 3 N–H and O–H groups in total. The number of nitrogens with one attached hydrogen (secondary N) is 1. The van der Waals surface area contributed by atoms with Crippen molar-refractivity contribution in [2.75, 3.05) is 6.54 Å². The average Bonchev–Trinajstić information content (AvgIpc) is 2.93. The summed E-state index contributed by atoms with van der Waals surface area (Å²) in [5, 5.41) is 25.2. The number of rotatable bonds is 2. The first-order chi connectivity index (χ1) is 9.20. The van der Waals surface area contributed by atoms with Crippen molar-refractivity contribution >= 4 is 11.9 Å². The summed E-state index contributed by atoms with van der Waals surface area (Å²) in [6.45, 7) is 5.74. The Morgan fingerprint density at radius 1 is 1.40 bits per heavy atom. The molecule has 2 atom stereocenters. The summed E-state index contributed by atoms with van der Waals surface area (Å²) in [4.78, 5) is 28.6. The van der Waals surface area contributed by atoms with Crippen LogP contribution in [0.5, 0.6) is 0 Å². The van der Waals surface area contributed by atoms with Crippen molar-refractivity contribution in [3.05, 3.63) is 11.6 Å². The summed E-state index contributed by atoms with van der Waals surface area (Å²) in [5.74, 6) is -1.25. The number of hydrogen-bond donors (Lipinski definition) is 3. The molecule has 2 heterocycles. The highest BCUT2D eigenvalue weighted by atomic mass is 16.4. The van der Waals surface area contributed by atoms with E-state index in [4.69, 9.17) is 5.11 Å². The van der Waals surface area contributed by atoms with E-state index in [0.717, 1.165) is 4.90 Å². The monoisotopic (exact) mass is 282 g/mol. The van der Waals surface area contributed by atoms with Gasteiger partial charge in [-0.1, -0.05) is 20.8 Å². The van der Waals surface area contributed by atoms with Crippen LogP contribution in [-0.2, 0) is 10.2 Å². The molecule has 1 saturated heterocycles. The van der Waals surface area contributed by atoms with Crippen molar-refractivity contribution in [1.82, 2.24) is 20.1 Å². The number of carbonyl (C=O) groups excluding carboxylic acids is 1. The number of nitrogens with zero attached hydrogens (tertiary/aromatic N) is 3. The van der Waals surface area contributed by atoms with Crippen LogP contribution in [0.2, 0.25) is 0 Å². The number of carboxylic acids is 1. The minimum absolute atomic E-state index is 0.0187. The zero-order valence-corrected chi connectivity index (χ0v) is 11.6. The van der Waals surface area contributed by atoms with Crippen LogP contribution in [0.3, 0.4) is 0 Å². The van der Waals surface area contributed by atoms with E-state index in [2.05, 4.69) is 15.2 Å². The Labute approximate surface area is 115 Å². The van der Waals surface area contributed by atoms with E-state index in [9.17, 15) is 14.7 Å². The smallest absolute Gasteiger partial charge is 0.326 e. The van der Waals surface area contributed by atoms with Crippen molar-refractivity contribution in [2.45, 2.75) is 44.8 Å². The van der Waals surface area contributed by atoms with Gasteiger partial charge in [-0.25, -0.2) is 9.78 Å². The molecule has 1 aromatic heterocycles. The van der Waals surface area contributed by atoms with Crippen LogP contribution in [0.15, 0.2) is 0 Å². The van der Waals surface area contributed by atoms with Gasteiger partial charge in [0.25, 0.3) is 5.91 Å². The number of likely N-dealkylation sites (tertiary alicyclic amines) is 1.